The van der Waals surface area contributed by atoms with Crippen molar-refractivity contribution < 1.29 is 14.3 Å². The van der Waals surface area contributed by atoms with Gasteiger partial charge >= 0.3 is 0 Å². The number of amides is 1. The first-order valence-electron chi connectivity index (χ1n) is 7.30. The minimum atomic E-state index is -0.0553. The molecule has 2 atom stereocenters. The highest BCUT2D eigenvalue weighted by Gasteiger charge is 2.36. The van der Waals surface area contributed by atoms with Gasteiger partial charge in [0, 0.05) is 45.1 Å². The molecule has 1 N–H and O–H groups in total. The number of benzene rings is 1. The van der Waals surface area contributed by atoms with Gasteiger partial charge < -0.3 is 19.7 Å². The van der Waals surface area contributed by atoms with Crippen LogP contribution in [0, 0.1) is 6.92 Å². The Kier molecular flexibility index (Phi) is 5.20. The van der Waals surface area contributed by atoms with E-state index in [0.29, 0.717) is 13.1 Å². The Morgan fingerprint density at radius 3 is 2.38 bits per heavy atom. The lowest BCUT2D eigenvalue weighted by Crippen LogP contribution is -2.30. The standard InChI is InChI=1S/C16H24N2O3/c1-5-17-12-6-7-13(11(2)8-12)16(19)18-9-14(20-3)15(10-18)21-4/h6-8,14-15,17H,5,9-10H2,1-4H3. The van der Waals surface area contributed by atoms with Crippen LogP contribution in [-0.4, -0.2) is 56.9 Å². The van der Waals surface area contributed by atoms with Crippen molar-refractivity contribution in [2.45, 2.75) is 26.1 Å². The Morgan fingerprint density at radius 2 is 1.90 bits per heavy atom. The van der Waals surface area contributed by atoms with Crippen molar-refractivity contribution in [2.24, 2.45) is 0 Å². The molecule has 1 aliphatic rings. The number of carbonyl (C=O) groups excluding carboxylic acids is 1. The molecule has 116 valence electrons. The van der Waals surface area contributed by atoms with E-state index in [1.54, 1.807) is 19.1 Å². The SMILES string of the molecule is CCNc1ccc(C(=O)N2CC(OC)C(OC)C2)c(C)c1. The molecule has 1 aromatic rings. The topological polar surface area (TPSA) is 50.8 Å². The smallest absolute Gasteiger partial charge is 0.254 e. The lowest BCUT2D eigenvalue weighted by Gasteiger charge is -2.18. The van der Waals surface area contributed by atoms with Gasteiger partial charge in [0.2, 0.25) is 0 Å². The van der Waals surface area contributed by atoms with Crippen LogP contribution in [0.4, 0.5) is 5.69 Å². The van der Waals surface area contributed by atoms with Crippen LogP contribution < -0.4 is 5.32 Å². The lowest BCUT2D eigenvalue weighted by atomic mass is 10.1. The molecule has 1 saturated heterocycles. The quantitative estimate of drug-likeness (QED) is 0.901. The average Bonchev–Trinajstić information content (AvgIpc) is 2.90. The summed E-state index contributed by atoms with van der Waals surface area (Å²) in [5.74, 6) is 0.0390. The highest BCUT2D eigenvalue weighted by Crippen LogP contribution is 2.21. The van der Waals surface area contributed by atoms with Gasteiger partial charge in [0.25, 0.3) is 5.91 Å². The Morgan fingerprint density at radius 1 is 1.29 bits per heavy atom. The third-order valence-corrected chi connectivity index (χ3v) is 3.95. The summed E-state index contributed by atoms with van der Waals surface area (Å²) in [4.78, 5) is 14.5. The molecule has 5 nitrogen and oxygen atoms in total. The summed E-state index contributed by atoms with van der Waals surface area (Å²) in [7, 11) is 3.31. The van der Waals surface area contributed by atoms with Gasteiger partial charge in [-0.15, -0.1) is 0 Å². The maximum atomic E-state index is 12.7. The molecule has 0 radical (unpaired) electrons. The van der Waals surface area contributed by atoms with Gasteiger partial charge in [-0.25, -0.2) is 0 Å². The third-order valence-electron chi connectivity index (χ3n) is 3.95. The van der Waals surface area contributed by atoms with Gasteiger partial charge in [0.1, 0.15) is 12.2 Å². The van der Waals surface area contributed by atoms with E-state index in [-0.39, 0.29) is 18.1 Å². The zero-order valence-corrected chi connectivity index (χ0v) is 13.2. The summed E-state index contributed by atoms with van der Waals surface area (Å²) in [6.45, 7) is 6.02. The fraction of sp³-hybridized carbons (Fsp3) is 0.562. The Balaban J connectivity index is 2.13. The predicted molar refractivity (Wildman–Crippen MR) is 82.8 cm³/mol. The second-order valence-electron chi connectivity index (χ2n) is 5.32. The van der Waals surface area contributed by atoms with Crippen molar-refractivity contribution in [3.63, 3.8) is 0 Å². The van der Waals surface area contributed by atoms with Gasteiger partial charge in [-0.05, 0) is 37.6 Å². The summed E-state index contributed by atoms with van der Waals surface area (Å²) in [5, 5.41) is 3.25. The normalized spacial score (nSPS) is 21.6. The van der Waals surface area contributed by atoms with Crippen LogP contribution in [-0.2, 0) is 9.47 Å². The minimum Gasteiger partial charge on any atom is -0.385 e. The number of nitrogens with zero attached hydrogens (tertiary/aromatic N) is 1. The molecular weight excluding hydrogens is 268 g/mol. The van der Waals surface area contributed by atoms with E-state index >= 15 is 0 Å². The number of nitrogens with one attached hydrogen (secondary N) is 1. The number of methoxy groups -OCH3 is 2. The van der Waals surface area contributed by atoms with Crippen LogP contribution in [0.3, 0.4) is 0 Å². The number of anilines is 1. The van der Waals surface area contributed by atoms with Crippen molar-refractivity contribution >= 4 is 11.6 Å². The van der Waals surface area contributed by atoms with E-state index in [1.165, 1.54) is 0 Å². The van der Waals surface area contributed by atoms with Gasteiger partial charge in [-0.3, -0.25) is 4.79 Å². The van der Waals surface area contributed by atoms with E-state index in [0.717, 1.165) is 23.4 Å². The van der Waals surface area contributed by atoms with Crippen LogP contribution in [0.5, 0.6) is 0 Å². The maximum absolute atomic E-state index is 12.7. The van der Waals surface area contributed by atoms with E-state index in [2.05, 4.69) is 12.2 Å². The molecule has 0 spiro atoms. The highest BCUT2D eigenvalue weighted by atomic mass is 16.5. The Hall–Kier alpha value is -1.59. The second kappa shape index (κ2) is 6.91. The van der Waals surface area contributed by atoms with Crippen molar-refractivity contribution in [3.05, 3.63) is 29.3 Å². The number of hydrogen-bond acceptors (Lipinski definition) is 4. The summed E-state index contributed by atoms with van der Waals surface area (Å²) in [5.41, 5.74) is 2.76. The predicted octanol–water partition coefficient (Wildman–Crippen LogP) is 1.91. The lowest BCUT2D eigenvalue weighted by molar-refractivity contribution is -0.00461. The number of likely N-dealkylation sites (tertiary alicyclic amines) is 1. The van der Waals surface area contributed by atoms with E-state index in [4.69, 9.17) is 9.47 Å². The van der Waals surface area contributed by atoms with E-state index < -0.39 is 0 Å². The number of aryl methyl sites for hydroxylation is 1. The molecule has 2 unspecified atom stereocenters. The van der Waals surface area contributed by atoms with Gasteiger partial charge in [0.15, 0.2) is 0 Å². The molecule has 2 rings (SSSR count). The number of carbonyl (C=O) groups is 1. The minimum absolute atomic E-state index is 0.0390. The molecule has 1 amide bonds. The van der Waals surface area contributed by atoms with Gasteiger partial charge in [0.05, 0.1) is 0 Å². The second-order valence-corrected chi connectivity index (χ2v) is 5.32. The summed E-state index contributed by atoms with van der Waals surface area (Å²) in [6.07, 6.45) is -0.111. The summed E-state index contributed by atoms with van der Waals surface area (Å²) in [6, 6.07) is 5.84. The first-order chi connectivity index (χ1) is 10.1. The van der Waals surface area contributed by atoms with Gasteiger partial charge in [-0.1, -0.05) is 0 Å². The van der Waals surface area contributed by atoms with E-state index in [1.807, 2.05) is 25.1 Å². The fourth-order valence-corrected chi connectivity index (χ4v) is 2.75. The van der Waals surface area contributed by atoms with E-state index in [9.17, 15) is 4.79 Å². The largest absolute Gasteiger partial charge is 0.385 e. The van der Waals surface area contributed by atoms with Crippen molar-refractivity contribution in [3.8, 4) is 0 Å². The highest BCUT2D eigenvalue weighted by molar-refractivity contribution is 5.96. The van der Waals surface area contributed by atoms with Gasteiger partial charge in [-0.2, -0.15) is 0 Å². The molecule has 1 aliphatic heterocycles. The molecule has 1 fully saturated rings. The zero-order chi connectivity index (χ0) is 15.4. The molecule has 1 heterocycles. The van der Waals surface area contributed by atoms with Crippen molar-refractivity contribution in [2.75, 3.05) is 39.2 Å². The zero-order valence-electron chi connectivity index (χ0n) is 13.2. The molecule has 0 aromatic heterocycles. The molecule has 0 aliphatic carbocycles. The number of ether oxygens (including phenoxy) is 2. The molecule has 5 heteroatoms. The Labute approximate surface area is 126 Å². The summed E-state index contributed by atoms with van der Waals surface area (Å²) < 4.78 is 10.8. The molecule has 21 heavy (non-hydrogen) atoms. The number of rotatable bonds is 5. The average molecular weight is 292 g/mol. The molecule has 0 bridgehead atoms. The summed E-state index contributed by atoms with van der Waals surface area (Å²) >= 11 is 0. The fourth-order valence-electron chi connectivity index (χ4n) is 2.75. The van der Waals surface area contributed by atoms with Crippen LogP contribution >= 0.6 is 0 Å². The third kappa shape index (κ3) is 3.36. The van der Waals surface area contributed by atoms with Crippen LogP contribution in [0.1, 0.15) is 22.8 Å². The monoisotopic (exact) mass is 292 g/mol. The number of hydrogen-bond donors (Lipinski definition) is 1. The Bertz CT molecular complexity index is 492. The molecule has 1 aromatic carbocycles. The van der Waals surface area contributed by atoms with Crippen LogP contribution in [0.25, 0.3) is 0 Å². The maximum Gasteiger partial charge on any atom is 0.254 e. The first-order valence-corrected chi connectivity index (χ1v) is 7.30. The molecular formula is C16H24N2O3. The van der Waals surface area contributed by atoms with Crippen LogP contribution in [0.2, 0.25) is 0 Å². The van der Waals surface area contributed by atoms with Crippen molar-refractivity contribution in [1.82, 2.24) is 4.90 Å². The molecule has 0 saturated carbocycles. The van der Waals surface area contributed by atoms with Crippen LogP contribution in [0.15, 0.2) is 18.2 Å². The van der Waals surface area contributed by atoms with Crippen molar-refractivity contribution in [1.29, 1.82) is 0 Å². The first kappa shape index (κ1) is 15.8.